The molecule has 0 aromatic heterocycles. The van der Waals surface area contributed by atoms with E-state index in [1.54, 1.807) is 0 Å². The molecule has 1 N–H and O–H groups in total. The molecule has 0 saturated carbocycles. The quantitative estimate of drug-likeness (QED) is 0.328. The van der Waals surface area contributed by atoms with Crippen LogP contribution in [-0.2, 0) is 0 Å². The van der Waals surface area contributed by atoms with E-state index in [1.165, 1.54) is 0 Å². The van der Waals surface area contributed by atoms with Crippen molar-refractivity contribution in [2.45, 2.75) is 0 Å². The third-order valence-corrected chi connectivity index (χ3v) is 1.45. The summed E-state index contributed by atoms with van der Waals surface area (Å²) >= 11 is 0. The third kappa shape index (κ3) is 2.86. The van der Waals surface area contributed by atoms with Crippen LogP contribution in [0.25, 0.3) is 10.4 Å². The number of rotatable bonds is 1. The van der Waals surface area contributed by atoms with E-state index >= 15 is 0 Å². The maximum Gasteiger partial charge on any atom is 0.200 e. The lowest BCUT2D eigenvalue weighted by Gasteiger charge is -1.97. The summed E-state index contributed by atoms with van der Waals surface area (Å²) in [5.41, 5.74) is 8.04. The fourth-order valence-corrected chi connectivity index (χ4v) is 0.855. The minimum atomic E-state index is -1.31. The van der Waals surface area contributed by atoms with Gasteiger partial charge >= 0.3 is 0 Å². The summed E-state index contributed by atoms with van der Waals surface area (Å²) in [6.45, 7) is -0.0732. The summed E-state index contributed by atoms with van der Waals surface area (Å²) in [5, 5.41) is 12.0. The number of benzene rings is 1. The molecule has 1 aromatic rings. The van der Waals surface area contributed by atoms with Crippen molar-refractivity contribution in [2.75, 3.05) is 6.54 Å². The van der Waals surface area contributed by atoms with Crippen molar-refractivity contribution in [1.82, 2.24) is 0 Å². The van der Waals surface area contributed by atoms with Crippen molar-refractivity contribution in [3.63, 3.8) is 0 Å². The summed E-state index contributed by atoms with van der Waals surface area (Å²) in [4.78, 5) is 2.46. The Balaban J connectivity index is 2.95. The smallest absolute Gasteiger partial charge is 0.200 e. The lowest BCUT2D eigenvalue weighted by Crippen LogP contribution is -1.86. The van der Waals surface area contributed by atoms with Crippen LogP contribution in [0.3, 0.4) is 0 Å². The molecule has 0 heterocycles. The molecule has 0 atom stereocenters. The van der Waals surface area contributed by atoms with Crippen LogP contribution >= 0.6 is 0 Å². The van der Waals surface area contributed by atoms with Crippen molar-refractivity contribution < 1.29 is 13.9 Å². The van der Waals surface area contributed by atoms with Gasteiger partial charge in [-0.05, 0) is 17.7 Å². The second-order valence-corrected chi connectivity index (χ2v) is 2.48. The number of hydrogen-bond donors (Lipinski definition) is 1. The molecule has 0 radical (unpaired) electrons. The van der Waals surface area contributed by atoms with Crippen LogP contribution in [0.15, 0.2) is 17.2 Å². The van der Waals surface area contributed by atoms with E-state index in [0.29, 0.717) is 0 Å². The number of halogens is 2. The molecule has 4 nitrogen and oxygen atoms in total. The Morgan fingerprint density at radius 1 is 1.47 bits per heavy atom. The Bertz CT molecular complexity index is 461. The van der Waals surface area contributed by atoms with E-state index in [1.807, 2.05) is 0 Å². The molecule has 1 aromatic carbocycles. The van der Waals surface area contributed by atoms with Gasteiger partial charge in [-0.2, -0.15) is 4.39 Å². The fourth-order valence-electron chi connectivity index (χ4n) is 0.855. The summed E-state index contributed by atoms with van der Waals surface area (Å²) in [5.74, 6) is 1.52. The average molecular weight is 209 g/mol. The predicted octanol–water partition coefficient (Wildman–Crippen LogP) is 2.33. The van der Waals surface area contributed by atoms with Crippen molar-refractivity contribution in [2.24, 2.45) is 5.11 Å². The minimum absolute atomic E-state index is 0.0732. The zero-order chi connectivity index (χ0) is 11.3. The number of azide groups is 1. The number of hydrogen-bond acceptors (Lipinski definition) is 2. The van der Waals surface area contributed by atoms with Gasteiger partial charge in [0.2, 0.25) is 0 Å². The first-order valence-corrected chi connectivity index (χ1v) is 3.83. The van der Waals surface area contributed by atoms with Crippen molar-refractivity contribution in [1.29, 1.82) is 0 Å². The van der Waals surface area contributed by atoms with Crippen LogP contribution < -0.4 is 0 Å². The molecule has 0 saturated heterocycles. The third-order valence-electron chi connectivity index (χ3n) is 1.45. The monoisotopic (exact) mass is 209 g/mol. The Kier molecular flexibility index (Phi) is 3.49. The summed E-state index contributed by atoms with van der Waals surface area (Å²) in [7, 11) is 0. The lowest BCUT2D eigenvalue weighted by molar-refractivity contribution is 0.407. The van der Waals surface area contributed by atoms with E-state index in [2.05, 4.69) is 21.9 Å². The maximum absolute atomic E-state index is 12.7. The van der Waals surface area contributed by atoms with E-state index in [9.17, 15) is 8.78 Å². The van der Waals surface area contributed by atoms with Crippen molar-refractivity contribution >= 4 is 0 Å². The molecule has 0 bridgehead atoms. The Labute approximate surface area is 83.8 Å². The highest BCUT2D eigenvalue weighted by molar-refractivity contribution is 5.40. The van der Waals surface area contributed by atoms with E-state index in [4.69, 9.17) is 10.6 Å². The fraction of sp³-hybridized carbons (Fsp3) is 0.111. The molecule has 0 aliphatic rings. The molecule has 0 fully saturated rings. The normalized spacial score (nSPS) is 8.67. The molecular formula is C9H5F2N3O. The summed E-state index contributed by atoms with van der Waals surface area (Å²) in [6, 6.07) is 1.83. The molecule has 76 valence electrons. The van der Waals surface area contributed by atoms with Gasteiger partial charge in [-0.15, -0.1) is 0 Å². The minimum Gasteiger partial charge on any atom is -0.505 e. The lowest BCUT2D eigenvalue weighted by atomic mass is 10.2. The molecule has 15 heavy (non-hydrogen) atoms. The highest BCUT2D eigenvalue weighted by Gasteiger charge is 2.07. The second kappa shape index (κ2) is 4.84. The SMILES string of the molecule is [N-]=[N+]=NCC#Cc1cc(O)c(F)c(F)c1. The van der Waals surface area contributed by atoms with Crippen LogP contribution in [0.1, 0.15) is 5.56 Å². The highest BCUT2D eigenvalue weighted by atomic mass is 19.2. The maximum atomic E-state index is 12.7. The number of phenols is 1. The van der Waals surface area contributed by atoms with Gasteiger partial charge in [0.15, 0.2) is 17.4 Å². The highest BCUT2D eigenvalue weighted by Crippen LogP contribution is 2.19. The van der Waals surface area contributed by atoms with Gasteiger partial charge in [-0.3, -0.25) is 0 Å². The van der Waals surface area contributed by atoms with Crippen molar-refractivity contribution in [3.05, 3.63) is 39.8 Å². The molecule has 6 heteroatoms. The van der Waals surface area contributed by atoms with Crippen LogP contribution in [-0.4, -0.2) is 11.7 Å². The van der Waals surface area contributed by atoms with Gasteiger partial charge in [0, 0.05) is 10.5 Å². The van der Waals surface area contributed by atoms with E-state index < -0.39 is 17.4 Å². The van der Waals surface area contributed by atoms with Gasteiger partial charge in [0.1, 0.15) is 0 Å². The first-order chi connectivity index (χ1) is 7.15. The largest absolute Gasteiger partial charge is 0.505 e. The van der Waals surface area contributed by atoms with Gasteiger partial charge in [0.05, 0.1) is 6.54 Å². The van der Waals surface area contributed by atoms with Crippen LogP contribution in [0, 0.1) is 23.5 Å². The Morgan fingerprint density at radius 2 is 2.20 bits per heavy atom. The summed E-state index contributed by atoms with van der Waals surface area (Å²) < 4.78 is 25.3. The zero-order valence-electron chi connectivity index (χ0n) is 7.41. The van der Waals surface area contributed by atoms with Crippen LogP contribution in [0.4, 0.5) is 8.78 Å². The predicted molar refractivity (Wildman–Crippen MR) is 48.9 cm³/mol. The van der Waals surface area contributed by atoms with Crippen molar-refractivity contribution in [3.8, 4) is 17.6 Å². The van der Waals surface area contributed by atoms with Gasteiger partial charge in [0.25, 0.3) is 0 Å². The number of phenolic OH excluding ortho intramolecular Hbond substituents is 1. The second-order valence-electron chi connectivity index (χ2n) is 2.48. The molecule has 0 aliphatic heterocycles. The number of nitrogens with zero attached hydrogens (tertiary/aromatic N) is 3. The average Bonchev–Trinajstić information content (AvgIpc) is 2.21. The van der Waals surface area contributed by atoms with E-state index in [0.717, 1.165) is 12.1 Å². The first kappa shape index (κ1) is 10.8. The Hall–Kier alpha value is -2.25. The van der Waals surface area contributed by atoms with Gasteiger partial charge < -0.3 is 5.11 Å². The van der Waals surface area contributed by atoms with Crippen LogP contribution in [0.5, 0.6) is 5.75 Å². The summed E-state index contributed by atoms with van der Waals surface area (Å²) in [6.07, 6.45) is 0. The molecule has 0 spiro atoms. The Morgan fingerprint density at radius 3 is 2.80 bits per heavy atom. The molecule has 0 amide bonds. The molecule has 0 unspecified atom stereocenters. The number of aromatic hydroxyl groups is 1. The van der Waals surface area contributed by atoms with Gasteiger partial charge in [-0.1, -0.05) is 17.0 Å². The topological polar surface area (TPSA) is 69.0 Å². The molecular weight excluding hydrogens is 204 g/mol. The zero-order valence-corrected chi connectivity index (χ0v) is 7.41. The van der Waals surface area contributed by atoms with Crippen LogP contribution in [0.2, 0.25) is 0 Å². The standard InChI is InChI=1S/C9H5F2N3O/c10-7-4-6(2-1-3-13-14-12)5-8(15)9(7)11/h4-5,15H,3H2. The molecule has 0 aliphatic carbocycles. The van der Waals surface area contributed by atoms with E-state index in [-0.39, 0.29) is 12.1 Å². The van der Waals surface area contributed by atoms with Gasteiger partial charge in [-0.25, -0.2) is 4.39 Å². The molecule has 1 rings (SSSR count). The first-order valence-electron chi connectivity index (χ1n) is 3.83.